The molecule has 0 saturated heterocycles. The predicted molar refractivity (Wildman–Crippen MR) is 60.4 cm³/mol. The molecule has 0 rings (SSSR count). The maximum absolute atomic E-state index is 11.7. The van der Waals surface area contributed by atoms with E-state index in [9.17, 15) is 9.90 Å². The molecular formula is C12H22O3. The summed E-state index contributed by atoms with van der Waals surface area (Å²) in [5.41, 5.74) is -1.18. The van der Waals surface area contributed by atoms with Crippen LogP contribution in [0.3, 0.4) is 0 Å². The van der Waals surface area contributed by atoms with E-state index in [-0.39, 0.29) is 11.9 Å². The number of hydrogen-bond acceptors (Lipinski definition) is 3. The van der Waals surface area contributed by atoms with E-state index in [1.54, 1.807) is 6.92 Å². The van der Waals surface area contributed by atoms with E-state index in [1.165, 1.54) is 6.08 Å². The third kappa shape index (κ3) is 3.06. The van der Waals surface area contributed by atoms with Crippen molar-refractivity contribution in [3.05, 3.63) is 12.7 Å². The zero-order valence-electron chi connectivity index (χ0n) is 10.1. The maximum atomic E-state index is 11.7. The Morgan fingerprint density at radius 1 is 1.53 bits per heavy atom. The zero-order chi connectivity index (χ0) is 12.1. The summed E-state index contributed by atoms with van der Waals surface area (Å²) in [6, 6.07) is 0. The van der Waals surface area contributed by atoms with Crippen molar-refractivity contribution in [2.24, 2.45) is 11.8 Å². The van der Waals surface area contributed by atoms with Gasteiger partial charge in [0, 0.05) is 0 Å². The van der Waals surface area contributed by atoms with E-state index in [0.717, 1.165) is 0 Å². The SMILES string of the molecule is C=CC(O)(C(C)C)C(CC)C(=O)OCC. The van der Waals surface area contributed by atoms with E-state index >= 15 is 0 Å². The molecule has 2 unspecified atom stereocenters. The van der Waals surface area contributed by atoms with Crippen molar-refractivity contribution in [3.63, 3.8) is 0 Å². The average Bonchev–Trinajstić information content (AvgIpc) is 2.18. The average molecular weight is 214 g/mol. The van der Waals surface area contributed by atoms with Crippen LogP contribution in [0.2, 0.25) is 0 Å². The van der Waals surface area contributed by atoms with Crippen molar-refractivity contribution >= 4 is 5.97 Å². The van der Waals surface area contributed by atoms with Gasteiger partial charge in [-0.2, -0.15) is 0 Å². The Morgan fingerprint density at radius 2 is 2.07 bits per heavy atom. The molecule has 0 aliphatic carbocycles. The van der Waals surface area contributed by atoms with Crippen LogP contribution in [0.4, 0.5) is 0 Å². The van der Waals surface area contributed by atoms with Gasteiger partial charge in [-0.25, -0.2) is 0 Å². The Morgan fingerprint density at radius 3 is 2.33 bits per heavy atom. The molecule has 0 aromatic carbocycles. The summed E-state index contributed by atoms with van der Waals surface area (Å²) >= 11 is 0. The molecule has 0 bridgehead atoms. The van der Waals surface area contributed by atoms with Gasteiger partial charge in [-0.15, -0.1) is 6.58 Å². The van der Waals surface area contributed by atoms with Crippen molar-refractivity contribution in [1.29, 1.82) is 0 Å². The van der Waals surface area contributed by atoms with Crippen LogP contribution in [-0.4, -0.2) is 23.3 Å². The van der Waals surface area contributed by atoms with Crippen molar-refractivity contribution in [1.82, 2.24) is 0 Å². The van der Waals surface area contributed by atoms with Gasteiger partial charge in [-0.3, -0.25) is 4.79 Å². The maximum Gasteiger partial charge on any atom is 0.312 e. The summed E-state index contributed by atoms with van der Waals surface area (Å²) in [5.74, 6) is -0.949. The number of carbonyl (C=O) groups excluding carboxylic acids is 1. The highest BCUT2D eigenvalue weighted by Gasteiger charge is 2.41. The number of rotatable bonds is 6. The summed E-state index contributed by atoms with van der Waals surface area (Å²) in [6.45, 7) is 11.3. The lowest BCUT2D eigenvalue weighted by atomic mass is 9.77. The molecule has 0 aliphatic heterocycles. The summed E-state index contributed by atoms with van der Waals surface area (Å²) < 4.78 is 4.95. The minimum atomic E-state index is -1.18. The van der Waals surface area contributed by atoms with Gasteiger partial charge < -0.3 is 9.84 Å². The highest BCUT2D eigenvalue weighted by molar-refractivity contribution is 5.74. The highest BCUT2D eigenvalue weighted by Crippen LogP contribution is 2.30. The van der Waals surface area contributed by atoms with Crippen LogP contribution in [0, 0.1) is 11.8 Å². The number of ether oxygens (including phenoxy) is 1. The monoisotopic (exact) mass is 214 g/mol. The Balaban J connectivity index is 4.91. The summed E-state index contributed by atoms with van der Waals surface area (Å²) in [6.07, 6.45) is 1.99. The quantitative estimate of drug-likeness (QED) is 0.544. The molecule has 0 heterocycles. The zero-order valence-corrected chi connectivity index (χ0v) is 10.1. The lowest BCUT2D eigenvalue weighted by molar-refractivity contribution is -0.158. The second-order valence-electron chi connectivity index (χ2n) is 3.96. The topological polar surface area (TPSA) is 46.5 Å². The third-order valence-corrected chi connectivity index (χ3v) is 2.79. The van der Waals surface area contributed by atoms with Gasteiger partial charge in [0.1, 0.15) is 0 Å². The lowest BCUT2D eigenvalue weighted by Crippen LogP contribution is -2.45. The molecule has 1 N–H and O–H groups in total. The fraction of sp³-hybridized carbons (Fsp3) is 0.750. The molecule has 0 aromatic rings. The fourth-order valence-corrected chi connectivity index (χ4v) is 1.71. The molecule has 0 fully saturated rings. The van der Waals surface area contributed by atoms with Crippen molar-refractivity contribution in [2.45, 2.75) is 39.7 Å². The molecule has 0 amide bonds. The van der Waals surface area contributed by atoms with Crippen molar-refractivity contribution < 1.29 is 14.6 Å². The first-order valence-electron chi connectivity index (χ1n) is 5.46. The number of hydrogen-bond donors (Lipinski definition) is 1. The molecule has 0 aliphatic rings. The first kappa shape index (κ1) is 14.2. The second-order valence-corrected chi connectivity index (χ2v) is 3.96. The first-order valence-corrected chi connectivity index (χ1v) is 5.46. The predicted octanol–water partition coefficient (Wildman–Crippen LogP) is 2.15. The van der Waals surface area contributed by atoms with E-state index in [1.807, 2.05) is 20.8 Å². The molecule has 0 spiro atoms. The molecule has 0 aromatic heterocycles. The highest BCUT2D eigenvalue weighted by atomic mass is 16.5. The minimum Gasteiger partial charge on any atom is -0.466 e. The van der Waals surface area contributed by atoms with Crippen molar-refractivity contribution in [2.75, 3.05) is 6.61 Å². The standard InChI is InChI=1S/C12H22O3/c1-6-10(11(13)15-8-3)12(14,7-2)9(4)5/h7,9-10,14H,2,6,8H2,1,3-5H3. The third-order valence-electron chi connectivity index (χ3n) is 2.79. The van der Waals surface area contributed by atoms with Crippen LogP contribution < -0.4 is 0 Å². The van der Waals surface area contributed by atoms with Crippen LogP contribution in [0.15, 0.2) is 12.7 Å². The van der Waals surface area contributed by atoms with Crippen LogP contribution >= 0.6 is 0 Å². The van der Waals surface area contributed by atoms with E-state index < -0.39 is 11.5 Å². The van der Waals surface area contributed by atoms with Crippen LogP contribution in [0.1, 0.15) is 34.1 Å². The van der Waals surface area contributed by atoms with Gasteiger partial charge in [0.25, 0.3) is 0 Å². The minimum absolute atomic E-state index is 0.0654. The van der Waals surface area contributed by atoms with Gasteiger partial charge in [0.2, 0.25) is 0 Å². The number of carbonyl (C=O) groups is 1. The van der Waals surface area contributed by atoms with Crippen molar-refractivity contribution in [3.8, 4) is 0 Å². The molecule has 0 radical (unpaired) electrons. The lowest BCUT2D eigenvalue weighted by Gasteiger charge is -2.34. The molecule has 0 saturated carbocycles. The van der Waals surface area contributed by atoms with Crippen LogP contribution in [0.25, 0.3) is 0 Å². The molecular weight excluding hydrogens is 192 g/mol. The Labute approximate surface area is 92.1 Å². The van der Waals surface area contributed by atoms with Gasteiger partial charge in [-0.05, 0) is 19.3 Å². The molecule has 88 valence electrons. The summed E-state index contributed by atoms with van der Waals surface area (Å²) in [7, 11) is 0. The Hall–Kier alpha value is -0.830. The Bertz CT molecular complexity index is 223. The van der Waals surface area contributed by atoms with Gasteiger partial charge in [0.15, 0.2) is 0 Å². The van der Waals surface area contributed by atoms with E-state index in [4.69, 9.17) is 4.74 Å². The molecule has 2 atom stereocenters. The molecule has 15 heavy (non-hydrogen) atoms. The van der Waals surface area contributed by atoms with Crippen LogP contribution in [0.5, 0.6) is 0 Å². The summed E-state index contributed by atoms with van der Waals surface area (Å²) in [4.78, 5) is 11.7. The molecule has 3 nitrogen and oxygen atoms in total. The van der Waals surface area contributed by atoms with Crippen LogP contribution in [-0.2, 0) is 9.53 Å². The second kappa shape index (κ2) is 5.91. The Kier molecular flexibility index (Phi) is 5.58. The first-order chi connectivity index (χ1) is 6.93. The largest absolute Gasteiger partial charge is 0.466 e. The van der Waals surface area contributed by atoms with E-state index in [0.29, 0.717) is 13.0 Å². The molecule has 3 heteroatoms. The van der Waals surface area contributed by atoms with Gasteiger partial charge in [-0.1, -0.05) is 26.8 Å². The number of esters is 1. The van der Waals surface area contributed by atoms with E-state index in [2.05, 4.69) is 6.58 Å². The number of aliphatic hydroxyl groups is 1. The normalized spacial score (nSPS) is 16.9. The fourth-order valence-electron chi connectivity index (χ4n) is 1.71. The van der Waals surface area contributed by atoms with Gasteiger partial charge >= 0.3 is 5.97 Å². The van der Waals surface area contributed by atoms with Gasteiger partial charge in [0.05, 0.1) is 18.1 Å². The smallest absolute Gasteiger partial charge is 0.312 e. The summed E-state index contributed by atoms with van der Waals surface area (Å²) in [5, 5.41) is 10.3.